The van der Waals surface area contributed by atoms with Crippen LogP contribution >= 0.6 is 0 Å². The Morgan fingerprint density at radius 1 is 1.47 bits per heavy atom. The van der Waals surface area contributed by atoms with Gasteiger partial charge in [0, 0.05) is 30.5 Å². The summed E-state index contributed by atoms with van der Waals surface area (Å²) in [5.41, 5.74) is 1.16. The summed E-state index contributed by atoms with van der Waals surface area (Å²) in [5, 5.41) is 12.1. The van der Waals surface area contributed by atoms with Crippen LogP contribution in [0, 0.1) is 0 Å². The zero-order valence-electron chi connectivity index (χ0n) is 10.4. The van der Waals surface area contributed by atoms with Crippen LogP contribution in [-0.4, -0.2) is 27.7 Å². The minimum absolute atomic E-state index is 0.191. The van der Waals surface area contributed by atoms with E-state index >= 15 is 0 Å². The van der Waals surface area contributed by atoms with E-state index in [9.17, 15) is 0 Å². The maximum atomic E-state index is 8.86. The molecule has 1 aromatic heterocycles. The number of hydrogen-bond donors (Lipinski definition) is 2. The molecule has 2 N–H and O–H groups in total. The second kappa shape index (κ2) is 5.96. The highest BCUT2D eigenvalue weighted by Crippen LogP contribution is 2.32. The minimum Gasteiger partial charge on any atom is -0.396 e. The van der Waals surface area contributed by atoms with E-state index in [4.69, 9.17) is 5.11 Å². The van der Waals surface area contributed by atoms with E-state index in [0.717, 1.165) is 12.1 Å². The van der Waals surface area contributed by atoms with Crippen LogP contribution in [0.15, 0.2) is 12.3 Å². The van der Waals surface area contributed by atoms with Gasteiger partial charge in [-0.15, -0.1) is 0 Å². The van der Waals surface area contributed by atoms with E-state index in [1.165, 1.54) is 25.7 Å². The summed E-state index contributed by atoms with van der Waals surface area (Å²) in [6.07, 6.45) is 7.69. The molecule has 94 valence electrons. The summed E-state index contributed by atoms with van der Waals surface area (Å²) in [6.45, 7) is 2.22. The second-order valence-corrected chi connectivity index (χ2v) is 4.84. The minimum atomic E-state index is 0.191. The van der Waals surface area contributed by atoms with Crippen LogP contribution in [0.5, 0.6) is 0 Å². The van der Waals surface area contributed by atoms with Crippen LogP contribution in [0.25, 0.3) is 0 Å². The van der Waals surface area contributed by atoms with Gasteiger partial charge in [-0.3, -0.25) is 0 Å². The van der Waals surface area contributed by atoms with E-state index in [1.54, 1.807) is 0 Å². The van der Waals surface area contributed by atoms with Gasteiger partial charge in [-0.2, -0.15) is 0 Å². The van der Waals surface area contributed by atoms with Gasteiger partial charge in [-0.1, -0.05) is 12.8 Å². The average Bonchev–Trinajstić information content (AvgIpc) is 2.83. The van der Waals surface area contributed by atoms with Crippen LogP contribution in [0.4, 0.5) is 5.95 Å². The highest BCUT2D eigenvalue weighted by atomic mass is 16.3. The fourth-order valence-electron chi connectivity index (χ4n) is 2.38. The Kier molecular flexibility index (Phi) is 4.31. The molecule has 1 fully saturated rings. The molecule has 4 nitrogen and oxygen atoms in total. The van der Waals surface area contributed by atoms with Gasteiger partial charge < -0.3 is 10.4 Å². The molecular weight excluding hydrogens is 214 g/mol. The largest absolute Gasteiger partial charge is 0.396 e. The fourth-order valence-corrected chi connectivity index (χ4v) is 2.38. The smallest absolute Gasteiger partial charge is 0.223 e. The summed E-state index contributed by atoms with van der Waals surface area (Å²) in [6, 6.07) is 2.23. The molecule has 1 atom stereocenters. The lowest BCUT2D eigenvalue weighted by Gasteiger charge is -2.14. The van der Waals surface area contributed by atoms with Crippen LogP contribution in [-0.2, 0) is 0 Å². The molecule has 0 radical (unpaired) electrons. The molecule has 1 unspecified atom stereocenters. The number of aliphatic hydroxyl groups is 1. The molecule has 0 aromatic carbocycles. The number of aromatic nitrogens is 2. The molecular formula is C13H21N3O. The Bertz CT molecular complexity index is 350. The molecule has 0 aliphatic heterocycles. The zero-order valence-corrected chi connectivity index (χ0v) is 10.4. The normalized spacial score (nSPS) is 18.2. The Balaban J connectivity index is 2.00. The van der Waals surface area contributed by atoms with E-state index in [1.807, 2.05) is 19.2 Å². The first-order chi connectivity index (χ1) is 8.29. The number of nitrogens with zero attached hydrogens (tertiary/aromatic N) is 2. The first-order valence-electron chi connectivity index (χ1n) is 6.50. The third kappa shape index (κ3) is 3.40. The molecule has 17 heavy (non-hydrogen) atoms. The SMILES string of the molecule is CC(CCO)Nc1nccc(C2CCCC2)n1. The van der Waals surface area contributed by atoms with Gasteiger partial charge in [-0.25, -0.2) is 9.97 Å². The Morgan fingerprint density at radius 2 is 2.24 bits per heavy atom. The van der Waals surface area contributed by atoms with Crippen molar-refractivity contribution in [3.63, 3.8) is 0 Å². The van der Waals surface area contributed by atoms with E-state index in [2.05, 4.69) is 15.3 Å². The maximum Gasteiger partial charge on any atom is 0.223 e. The second-order valence-electron chi connectivity index (χ2n) is 4.84. The number of rotatable bonds is 5. The standard InChI is InChI=1S/C13H21N3O/c1-10(7-9-17)15-13-14-8-6-12(16-13)11-4-2-3-5-11/h6,8,10-11,17H,2-5,7,9H2,1H3,(H,14,15,16). The predicted molar refractivity (Wildman–Crippen MR) is 68.0 cm³/mol. The highest BCUT2D eigenvalue weighted by molar-refractivity contribution is 5.27. The Morgan fingerprint density at radius 3 is 2.94 bits per heavy atom. The fraction of sp³-hybridized carbons (Fsp3) is 0.692. The van der Waals surface area contributed by atoms with Gasteiger partial charge in [-0.05, 0) is 32.3 Å². The lowest BCUT2D eigenvalue weighted by atomic mass is 10.0. The lowest BCUT2D eigenvalue weighted by molar-refractivity contribution is 0.282. The topological polar surface area (TPSA) is 58.0 Å². The van der Waals surface area contributed by atoms with Crippen LogP contribution in [0.3, 0.4) is 0 Å². The van der Waals surface area contributed by atoms with Gasteiger partial charge in [0.15, 0.2) is 0 Å². The van der Waals surface area contributed by atoms with Crippen LogP contribution < -0.4 is 5.32 Å². The molecule has 1 aromatic rings. The molecule has 0 amide bonds. The van der Waals surface area contributed by atoms with Gasteiger partial charge in [0.05, 0.1) is 0 Å². The maximum absolute atomic E-state index is 8.86. The number of aliphatic hydroxyl groups excluding tert-OH is 1. The molecule has 2 rings (SSSR count). The monoisotopic (exact) mass is 235 g/mol. The molecule has 1 aliphatic rings. The van der Waals surface area contributed by atoms with Crippen molar-refractivity contribution in [2.24, 2.45) is 0 Å². The predicted octanol–water partition coefficient (Wildman–Crippen LogP) is 2.32. The molecule has 1 aliphatic carbocycles. The molecule has 1 heterocycles. The number of nitrogens with one attached hydrogen (secondary N) is 1. The summed E-state index contributed by atoms with van der Waals surface area (Å²) in [7, 11) is 0. The molecule has 0 bridgehead atoms. The van der Waals surface area contributed by atoms with E-state index in [-0.39, 0.29) is 12.6 Å². The van der Waals surface area contributed by atoms with Crippen molar-refractivity contribution in [3.05, 3.63) is 18.0 Å². The quantitative estimate of drug-likeness (QED) is 0.822. The third-order valence-corrected chi connectivity index (χ3v) is 3.39. The van der Waals surface area contributed by atoms with Crippen molar-refractivity contribution in [2.75, 3.05) is 11.9 Å². The summed E-state index contributed by atoms with van der Waals surface area (Å²) in [4.78, 5) is 8.80. The summed E-state index contributed by atoms with van der Waals surface area (Å²) in [5.74, 6) is 1.31. The first kappa shape index (κ1) is 12.3. The zero-order chi connectivity index (χ0) is 12.1. The van der Waals surface area contributed by atoms with Crippen molar-refractivity contribution in [1.82, 2.24) is 9.97 Å². The third-order valence-electron chi connectivity index (χ3n) is 3.39. The number of anilines is 1. The van der Waals surface area contributed by atoms with E-state index < -0.39 is 0 Å². The van der Waals surface area contributed by atoms with Crippen molar-refractivity contribution in [1.29, 1.82) is 0 Å². The van der Waals surface area contributed by atoms with Gasteiger partial charge in [0.2, 0.25) is 5.95 Å². The van der Waals surface area contributed by atoms with Crippen molar-refractivity contribution in [3.8, 4) is 0 Å². The summed E-state index contributed by atoms with van der Waals surface area (Å²) >= 11 is 0. The average molecular weight is 235 g/mol. The van der Waals surface area contributed by atoms with Gasteiger partial charge in [0.25, 0.3) is 0 Å². The van der Waals surface area contributed by atoms with Gasteiger partial charge in [0.1, 0.15) is 0 Å². The van der Waals surface area contributed by atoms with E-state index in [0.29, 0.717) is 11.9 Å². The number of hydrogen-bond acceptors (Lipinski definition) is 4. The molecule has 0 saturated heterocycles. The summed E-state index contributed by atoms with van der Waals surface area (Å²) < 4.78 is 0. The molecule has 4 heteroatoms. The van der Waals surface area contributed by atoms with Crippen molar-refractivity contribution in [2.45, 2.75) is 51.0 Å². The van der Waals surface area contributed by atoms with Gasteiger partial charge >= 0.3 is 0 Å². The molecule has 1 saturated carbocycles. The van der Waals surface area contributed by atoms with Crippen LogP contribution in [0.2, 0.25) is 0 Å². The van der Waals surface area contributed by atoms with Crippen LogP contribution in [0.1, 0.15) is 50.6 Å². The van der Waals surface area contributed by atoms with Crippen molar-refractivity contribution < 1.29 is 5.11 Å². The Hall–Kier alpha value is -1.16. The first-order valence-corrected chi connectivity index (χ1v) is 6.50. The lowest BCUT2D eigenvalue weighted by Crippen LogP contribution is -2.18. The molecule has 0 spiro atoms. The van der Waals surface area contributed by atoms with Crippen molar-refractivity contribution >= 4 is 5.95 Å². The highest BCUT2D eigenvalue weighted by Gasteiger charge is 2.18. The Labute approximate surface area is 102 Å².